The average molecular weight is 463 g/mol. The van der Waals surface area contributed by atoms with Crippen LogP contribution in [0.4, 0.5) is 10.1 Å². The van der Waals surface area contributed by atoms with E-state index in [1.165, 1.54) is 29.3 Å². The quantitative estimate of drug-likeness (QED) is 0.683. The molecule has 0 saturated heterocycles. The fourth-order valence-corrected chi connectivity index (χ4v) is 4.47. The molecule has 2 aromatic rings. The molecule has 6 nitrogen and oxygen atoms in total. The van der Waals surface area contributed by atoms with E-state index in [0.29, 0.717) is 22.2 Å². The number of halogens is 3. The molecule has 4 rings (SSSR count). The number of anilines is 1. The summed E-state index contributed by atoms with van der Waals surface area (Å²) in [5.41, 5.74) is 6.70. The second-order valence-corrected chi connectivity index (χ2v) is 8.83. The average Bonchev–Trinajstić information content (AvgIpc) is 3.14. The molecule has 2 aromatic carbocycles. The number of nitrogens with zero attached hydrogens (tertiary/aromatic N) is 2. The van der Waals surface area contributed by atoms with Crippen molar-refractivity contribution in [3.05, 3.63) is 63.9 Å². The fraction of sp³-hybridized carbons (Fsp3) is 0.318. The van der Waals surface area contributed by atoms with Gasteiger partial charge in [-0.05, 0) is 67.6 Å². The Morgan fingerprint density at radius 2 is 1.90 bits per heavy atom. The van der Waals surface area contributed by atoms with Crippen molar-refractivity contribution in [1.82, 2.24) is 5.32 Å². The summed E-state index contributed by atoms with van der Waals surface area (Å²) in [5.74, 6) is -1.36. The van der Waals surface area contributed by atoms with Crippen molar-refractivity contribution in [3.63, 3.8) is 0 Å². The van der Waals surface area contributed by atoms with E-state index in [2.05, 4.69) is 10.4 Å². The third-order valence-electron chi connectivity index (χ3n) is 5.83. The molecule has 2 amide bonds. The van der Waals surface area contributed by atoms with Crippen molar-refractivity contribution in [2.24, 2.45) is 10.8 Å². The maximum Gasteiger partial charge on any atom is 0.268 e. The van der Waals surface area contributed by atoms with Gasteiger partial charge < -0.3 is 11.1 Å². The molecule has 9 heteroatoms. The minimum Gasteiger partial charge on any atom is -0.368 e. The second-order valence-electron chi connectivity index (χ2n) is 7.99. The molecule has 0 bridgehead atoms. The number of nitrogens with two attached hydrogens (primary N) is 1. The van der Waals surface area contributed by atoms with Crippen LogP contribution in [0.5, 0.6) is 0 Å². The smallest absolute Gasteiger partial charge is 0.268 e. The molecule has 2 aliphatic rings. The number of rotatable bonds is 6. The maximum atomic E-state index is 13.3. The Labute approximate surface area is 189 Å². The van der Waals surface area contributed by atoms with E-state index in [-0.39, 0.29) is 18.0 Å². The zero-order valence-electron chi connectivity index (χ0n) is 16.6. The van der Waals surface area contributed by atoms with Crippen LogP contribution in [0.15, 0.2) is 47.6 Å². The SMILES string of the molecule is NC(=O)C1CC(C(=O)NC2(Cc3ccc(Cl)cc3Cl)CCC2)=NN1c1ccc(F)cc1. The number of amides is 2. The number of carbonyl (C=O) groups excluding carboxylic acids is 2. The first-order valence-corrected chi connectivity index (χ1v) is 10.7. The highest BCUT2D eigenvalue weighted by Crippen LogP contribution is 2.37. The van der Waals surface area contributed by atoms with Crippen molar-refractivity contribution in [2.45, 2.75) is 43.7 Å². The minimum absolute atomic E-state index is 0.0797. The van der Waals surface area contributed by atoms with Gasteiger partial charge in [-0.3, -0.25) is 14.6 Å². The number of nitrogens with one attached hydrogen (secondary N) is 1. The minimum atomic E-state index is -0.811. The van der Waals surface area contributed by atoms with E-state index in [0.717, 1.165) is 24.8 Å². The van der Waals surface area contributed by atoms with Gasteiger partial charge in [0, 0.05) is 22.0 Å². The first kappa shape index (κ1) is 21.6. The highest BCUT2D eigenvalue weighted by Gasteiger charge is 2.42. The molecule has 1 fully saturated rings. The number of benzene rings is 2. The summed E-state index contributed by atoms with van der Waals surface area (Å²) in [6, 6.07) is 10.0. The normalized spacial score (nSPS) is 19.5. The molecule has 0 aromatic heterocycles. The molecule has 1 unspecified atom stereocenters. The fourth-order valence-electron chi connectivity index (χ4n) is 3.99. The summed E-state index contributed by atoms with van der Waals surface area (Å²) in [4.78, 5) is 25.0. The molecule has 31 heavy (non-hydrogen) atoms. The molecule has 1 aliphatic carbocycles. The number of hydrogen-bond donors (Lipinski definition) is 2. The molecule has 0 radical (unpaired) electrons. The van der Waals surface area contributed by atoms with Crippen LogP contribution < -0.4 is 16.1 Å². The van der Waals surface area contributed by atoms with Crippen LogP contribution in [-0.2, 0) is 16.0 Å². The van der Waals surface area contributed by atoms with E-state index < -0.39 is 23.3 Å². The van der Waals surface area contributed by atoms with Crippen molar-refractivity contribution in [3.8, 4) is 0 Å². The van der Waals surface area contributed by atoms with Gasteiger partial charge in [-0.15, -0.1) is 0 Å². The third-order valence-corrected chi connectivity index (χ3v) is 6.41. The van der Waals surface area contributed by atoms with E-state index >= 15 is 0 Å². The van der Waals surface area contributed by atoms with Crippen molar-refractivity contribution in [2.75, 3.05) is 5.01 Å². The van der Waals surface area contributed by atoms with Gasteiger partial charge in [-0.1, -0.05) is 29.3 Å². The van der Waals surface area contributed by atoms with Crippen LogP contribution in [0.3, 0.4) is 0 Å². The summed E-state index contributed by atoms with van der Waals surface area (Å²) in [5, 5.41) is 9.93. The number of carbonyl (C=O) groups is 2. The Hall–Kier alpha value is -2.64. The van der Waals surface area contributed by atoms with E-state index in [9.17, 15) is 14.0 Å². The number of hydrazone groups is 1. The van der Waals surface area contributed by atoms with Gasteiger partial charge in [0.15, 0.2) is 0 Å². The second kappa shape index (κ2) is 8.48. The molecular formula is C22H21Cl2FN4O2. The Morgan fingerprint density at radius 3 is 2.48 bits per heavy atom. The lowest BCUT2D eigenvalue weighted by molar-refractivity contribution is -0.119. The molecule has 162 valence electrons. The van der Waals surface area contributed by atoms with Crippen LogP contribution in [0.1, 0.15) is 31.2 Å². The summed E-state index contributed by atoms with van der Waals surface area (Å²) in [7, 11) is 0. The summed E-state index contributed by atoms with van der Waals surface area (Å²) < 4.78 is 13.3. The zero-order valence-corrected chi connectivity index (χ0v) is 18.1. The molecule has 1 saturated carbocycles. The predicted molar refractivity (Wildman–Crippen MR) is 119 cm³/mol. The lowest BCUT2D eigenvalue weighted by Crippen LogP contribution is -2.56. The van der Waals surface area contributed by atoms with Crippen LogP contribution in [-0.4, -0.2) is 29.1 Å². The summed E-state index contributed by atoms with van der Waals surface area (Å²) in [6.45, 7) is 0. The Kier molecular flexibility index (Phi) is 5.90. The van der Waals surface area contributed by atoms with Gasteiger partial charge in [-0.2, -0.15) is 5.10 Å². The summed E-state index contributed by atoms with van der Waals surface area (Å²) >= 11 is 12.3. The molecule has 1 atom stereocenters. The van der Waals surface area contributed by atoms with Gasteiger partial charge in [0.25, 0.3) is 5.91 Å². The van der Waals surface area contributed by atoms with Gasteiger partial charge in [-0.25, -0.2) is 4.39 Å². The van der Waals surface area contributed by atoms with E-state index in [1.54, 1.807) is 12.1 Å². The first-order chi connectivity index (χ1) is 14.8. The predicted octanol–water partition coefficient (Wildman–Crippen LogP) is 3.83. The molecule has 1 heterocycles. The van der Waals surface area contributed by atoms with Gasteiger partial charge in [0.2, 0.25) is 5.91 Å². The standard InChI is InChI=1S/C22H21Cl2FN4O2/c23-14-3-2-13(17(24)10-14)12-22(8-1-9-22)27-21(31)18-11-19(20(26)30)29(28-18)16-6-4-15(25)5-7-16/h2-7,10,19H,1,8-9,11-12H2,(H2,26,30)(H,27,31). The maximum absolute atomic E-state index is 13.3. The van der Waals surface area contributed by atoms with Crippen molar-refractivity contribution >= 4 is 46.4 Å². The van der Waals surface area contributed by atoms with E-state index in [4.69, 9.17) is 28.9 Å². The molecule has 3 N–H and O–H groups in total. The highest BCUT2D eigenvalue weighted by atomic mass is 35.5. The summed E-state index contributed by atoms with van der Waals surface area (Å²) in [6.07, 6.45) is 3.26. The van der Waals surface area contributed by atoms with Crippen LogP contribution in [0, 0.1) is 5.82 Å². The highest BCUT2D eigenvalue weighted by molar-refractivity contribution is 6.40. The molecule has 0 spiro atoms. The Bertz CT molecular complexity index is 1050. The lowest BCUT2D eigenvalue weighted by atomic mass is 9.72. The van der Waals surface area contributed by atoms with Crippen molar-refractivity contribution < 1.29 is 14.0 Å². The van der Waals surface area contributed by atoms with Gasteiger partial charge in [0.05, 0.1) is 5.69 Å². The number of primary amides is 1. The van der Waals surface area contributed by atoms with Crippen LogP contribution in [0.25, 0.3) is 0 Å². The molecular weight excluding hydrogens is 442 g/mol. The topological polar surface area (TPSA) is 87.8 Å². The Morgan fingerprint density at radius 1 is 1.19 bits per heavy atom. The zero-order chi connectivity index (χ0) is 22.2. The largest absolute Gasteiger partial charge is 0.368 e. The van der Waals surface area contributed by atoms with E-state index in [1.807, 2.05) is 6.07 Å². The lowest BCUT2D eigenvalue weighted by Gasteiger charge is -2.43. The van der Waals surface area contributed by atoms with Gasteiger partial charge >= 0.3 is 0 Å². The third kappa shape index (κ3) is 4.52. The molecule has 1 aliphatic heterocycles. The number of hydrogen-bond acceptors (Lipinski definition) is 4. The van der Waals surface area contributed by atoms with Gasteiger partial charge in [0.1, 0.15) is 17.6 Å². The van der Waals surface area contributed by atoms with Crippen LogP contribution in [0.2, 0.25) is 10.0 Å². The monoisotopic (exact) mass is 462 g/mol. The Balaban J connectivity index is 1.53. The first-order valence-electron chi connectivity index (χ1n) is 9.94. The van der Waals surface area contributed by atoms with Crippen molar-refractivity contribution in [1.29, 1.82) is 0 Å². The van der Waals surface area contributed by atoms with Crippen LogP contribution >= 0.6 is 23.2 Å².